The molecule has 30 heavy (non-hydrogen) atoms. The summed E-state index contributed by atoms with van der Waals surface area (Å²) in [5, 5.41) is 4.01. The van der Waals surface area contributed by atoms with E-state index in [0.29, 0.717) is 5.69 Å². The molecular formula is C20H14ClF3N2O4. The Kier molecular flexibility index (Phi) is 5.84. The van der Waals surface area contributed by atoms with E-state index in [1.54, 1.807) is 30.3 Å². The summed E-state index contributed by atoms with van der Waals surface area (Å²) in [6, 6.07) is 11.1. The van der Waals surface area contributed by atoms with E-state index in [1.807, 2.05) is 0 Å². The zero-order chi connectivity index (χ0) is 22.1. The van der Waals surface area contributed by atoms with Gasteiger partial charge in [-0.15, -0.1) is 0 Å². The van der Waals surface area contributed by atoms with Crippen LogP contribution in [0.5, 0.6) is 0 Å². The van der Waals surface area contributed by atoms with Gasteiger partial charge in [0.25, 0.3) is 0 Å². The van der Waals surface area contributed by atoms with Gasteiger partial charge < -0.3 is 9.47 Å². The van der Waals surface area contributed by atoms with Crippen LogP contribution in [0.25, 0.3) is 16.9 Å². The molecule has 0 atom stereocenters. The fourth-order valence-corrected chi connectivity index (χ4v) is 3.07. The number of ether oxygens (including phenoxy) is 2. The second kappa shape index (κ2) is 8.19. The first kappa shape index (κ1) is 21.4. The SMILES string of the molecule is COC(=O)c1c(-c2ccc(Cl)cc2C(F)(F)F)nn(-c2ccccc2)c1C(=O)OC. The molecule has 0 aliphatic rings. The first-order valence-electron chi connectivity index (χ1n) is 8.41. The van der Waals surface area contributed by atoms with Crippen LogP contribution in [0.2, 0.25) is 5.02 Å². The molecule has 0 unspecified atom stereocenters. The highest BCUT2D eigenvalue weighted by molar-refractivity contribution is 6.30. The number of benzene rings is 2. The number of methoxy groups -OCH3 is 2. The Morgan fingerprint density at radius 2 is 1.63 bits per heavy atom. The van der Waals surface area contributed by atoms with Gasteiger partial charge in [-0.2, -0.15) is 18.3 Å². The van der Waals surface area contributed by atoms with Gasteiger partial charge in [0.1, 0.15) is 11.3 Å². The van der Waals surface area contributed by atoms with Crippen LogP contribution in [0.3, 0.4) is 0 Å². The topological polar surface area (TPSA) is 70.4 Å². The smallest absolute Gasteiger partial charge is 0.417 e. The number of rotatable bonds is 4. The summed E-state index contributed by atoms with van der Waals surface area (Å²) in [6.45, 7) is 0. The van der Waals surface area contributed by atoms with Crippen LogP contribution < -0.4 is 0 Å². The molecule has 0 N–H and O–H groups in total. The van der Waals surface area contributed by atoms with Crippen LogP contribution in [0.15, 0.2) is 48.5 Å². The standard InChI is InChI=1S/C20H14ClF3N2O4/c1-29-18(27)15-16(13-9-8-11(21)10-14(13)20(22,23)24)25-26(17(15)19(28)30-2)12-6-4-3-5-7-12/h3-10H,1-2H3. The zero-order valence-electron chi connectivity index (χ0n) is 15.7. The van der Waals surface area contributed by atoms with Gasteiger partial charge in [-0.25, -0.2) is 14.3 Å². The summed E-state index contributed by atoms with van der Waals surface area (Å²) in [4.78, 5) is 25.0. The number of nitrogens with zero attached hydrogens (tertiary/aromatic N) is 2. The van der Waals surface area contributed by atoms with Crippen LogP contribution in [0.1, 0.15) is 26.4 Å². The molecule has 0 bridgehead atoms. The van der Waals surface area contributed by atoms with Crippen LogP contribution in [0.4, 0.5) is 13.2 Å². The number of alkyl halides is 3. The molecule has 0 spiro atoms. The van der Waals surface area contributed by atoms with E-state index in [0.717, 1.165) is 31.0 Å². The average molecular weight is 439 g/mol. The highest BCUT2D eigenvalue weighted by atomic mass is 35.5. The van der Waals surface area contributed by atoms with Crippen molar-refractivity contribution in [3.05, 3.63) is 70.4 Å². The summed E-state index contributed by atoms with van der Waals surface area (Å²) in [7, 11) is 2.12. The lowest BCUT2D eigenvalue weighted by atomic mass is 10.00. The van der Waals surface area contributed by atoms with Gasteiger partial charge in [0, 0.05) is 10.6 Å². The molecule has 0 saturated heterocycles. The minimum Gasteiger partial charge on any atom is -0.465 e. The van der Waals surface area contributed by atoms with Crippen molar-refractivity contribution in [1.82, 2.24) is 9.78 Å². The number of halogens is 4. The maximum absolute atomic E-state index is 13.7. The molecule has 3 aromatic rings. The molecule has 0 amide bonds. The van der Waals surface area contributed by atoms with E-state index in [9.17, 15) is 22.8 Å². The lowest BCUT2D eigenvalue weighted by Gasteiger charge is -2.12. The van der Waals surface area contributed by atoms with Crippen molar-refractivity contribution in [2.75, 3.05) is 14.2 Å². The lowest BCUT2D eigenvalue weighted by Crippen LogP contribution is -2.15. The predicted octanol–water partition coefficient (Wildman–Crippen LogP) is 4.78. The first-order valence-corrected chi connectivity index (χ1v) is 8.79. The fraction of sp³-hybridized carbons (Fsp3) is 0.150. The van der Waals surface area contributed by atoms with Crippen molar-refractivity contribution in [3.63, 3.8) is 0 Å². The van der Waals surface area contributed by atoms with Gasteiger partial charge in [0.15, 0.2) is 5.69 Å². The highest BCUT2D eigenvalue weighted by Crippen LogP contribution is 2.40. The number of aromatic nitrogens is 2. The van der Waals surface area contributed by atoms with Crippen molar-refractivity contribution in [2.24, 2.45) is 0 Å². The van der Waals surface area contributed by atoms with Crippen molar-refractivity contribution in [1.29, 1.82) is 0 Å². The molecular weight excluding hydrogens is 425 g/mol. The van der Waals surface area contributed by atoms with Gasteiger partial charge in [-0.3, -0.25) is 0 Å². The monoisotopic (exact) mass is 438 g/mol. The molecule has 10 heteroatoms. The van der Waals surface area contributed by atoms with Gasteiger partial charge in [0.05, 0.1) is 25.5 Å². The molecule has 156 valence electrons. The zero-order valence-corrected chi connectivity index (χ0v) is 16.4. The summed E-state index contributed by atoms with van der Waals surface area (Å²) in [6.07, 6.45) is -4.80. The third-order valence-corrected chi connectivity index (χ3v) is 4.43. The molecule has 0 saturated carbocycles. The maximum atomic E-state index is 13.7. The molecule has 0 aliphatic heterocycles. The van der Waals surface area contributed by atoms with Gasteiger partial charge in [-0.1, -0.05) is 35.9 Å². The highest BCUT2D eigenvalue weighted by Gasteiger charge is 2.38. The Labute approximate surface area is 173 Å². The Hall–Kier alpha value is -3.33. The van der Waals surface area contributed by atoms with Crippen molar-refractivity contribution < 1.29 is 32.2 Å². The molecule has 2 aromatic carbocycles. The Morgan fingerprint density at radius 3 is 2.20 bits per heavy atom. The van der Waals surface area contributed by atoms with Gasteiger partial charge in [-0.05, 0) is 24.3 Å². The van der Waals surface area contributed by atoms with Crippen molar-refractivity contribution >= 4 is 23.5 Å². The summed E-state index contributed by atoms with van der Waals surface area (Å²) in [5.74, 6) is -2.02. The minimum absolute atomic E-state index is 0.152. The Morgan fingerprint density at radius 1 is 1.00 bits per heavy atom. The summed E-state index contributed by atoms with van der Waals surface area (Å²) >= 11 is 5.75. The van der Waals surface area contributed by atoms with Crippen LogP contribution in [0, 0.1) is 0 Å². The van der Waals surface area contributed by atoms with Crippen molar-refractivity contribution in [2.45, 2.75) is 6.18 Å². The van der Waals surface area contributed by atoms with E-state index in [2.05, 4.69) is 5.10 Å². The van der Waals surface area contributed by atoms with E-state index < -0.39 is 40.5 Å². The van der Waals surface area contributed by atoms with Gasteiger partial charge in [0.2, 0.25) is 0 Å². The largest absolute Gasteiger partial charge is 0.465 e. The van der Waals surface area contributed by atoms with Crippen LogP contribution >= 0.6 is 11.6 Å². The van der Waals surface area contributed by atoms with Crippen LogP contribution in [-0.2, 0) is 15.7 Å². The number of carbonyl (C=O) groups excluding carboxylic acids is 2. The first-order chi connectivity index (χ1) is 14.2. The third kappa shape index (κ3) is 3.88. The maximum Gasteiger partial charge on any atom is 0.417 e. The Bertz CT molecular complexity index is 1110. The quantitative estimate of drug-likeness (QED) is 0.548. The molecule has 0 radical (unpaired) electrons. The lowest BCUT2D eigenvalue weighted by molar-refractivity contribution is -0.137. The number of hydrogen-bond donors (Lipinski definition) is 0. The molecule has 3 rings (SSSR count). The fourth-order valence-electron chi connectivity index (χ4n) is 2.90. The number of para-hydroxylation sites is 1. The van der Waals surface area contributed by atoms with Crippen molar-refractivity contribution in [3.8, 4) is 16.9 Å². The van der Waals surface area contributed by atoms with E-state index in [1.165, 1.54) is 6.07 Å². The second-order valence-electron chi connectivity index (χ2n) is 5.99. The summed E-state index contributed by atoms with van der Waals surface area (Å²) < 4.78 is 51.6. The number of esters is 2. The molecule has 0 fully saturated rings. The van der Waals surface area contributed by atoms with E-state index in [-0.39, 0.29) is 10.7 Å². The minimum atomic E-state index is -4.80. The normalized spacial score (nSPS) is 11.3. The molecule has 6 nitrogen and oxygen atoms in total. The second-order valence-corrected chi connectivity index (χ2v) is 6.43. The van der Waals surface area contributed by atoms with Crippen LogP contribution in [-0.4, -0.2) is 35.9 Å². The van der Waals surface area contributed by atoms with Gasteiger partial charge >= 0.3 is 18.1 Å². The Balaban J connectivity index is 2.44. The third-order valence-electron chi connectivity index (χ3n) is 4.20. The predicted molar refractivity (Wildman–Crippen MR) is 102 cm³/mol. The number of carbonyl (C=O) groups is 2. The molecule has 1 aromatic heterocycles. The molecule has 0 aliphatic carbocycles. The molecule has 1 heterocycles. The average Bonchev–Trinajstić information content (AvgIpc) is 3.13. The van der Waals surface area contributed by atoms with E-state index in [4.69, 9.17) is 21.1 Å². The van der Waals surface area contributed by atoms with E-state index >= 15 is 0 Å². The summed E-state index contributed by atoms with van der Waals surface area (Å²) in [5.41, 5.74) is -2.44. The number of hydrogen-bond acceptors (Lipinski definition) is 5.